The van der Waals surface area contributed by atoms with Crippen LogP contribution in [0.15, 0.2) is 12.1 Å². The summed E-state index contributed by atoms with van der Waals surface area (Å²) in [5.41, 5.74) is -0.874. The molecule has 1 unspecified atom stereocenters. The molecule has 2 N–H and O–H groups in total. The molecule has 106 valence electrons. The van der Waals surface area contributed by atoms with Crippen LogP contribution in [-0.4, -0.2) is 17.6 Å². The van der Waals surface area contributed by atoms with Crippen molar-refractivity contribution in [1.29, 1.82) is 0 Å². The van der Waals surface area contributed by atoms with Gasteiger partial charge in [-0.05, 0) is 44.5 Å². The van der Waals surface area contributed by atoms with Crippen LogP contribution in [0.3, 0.4) is 0 Å². The molecule has 0 fully saturated rings. The van der Waals surface area contributed by atoms with E-state index in [2.05, 4.69) is 5.32 Å². The molecule has 0 heterocycles. The first-order valence-corrected chi connectivity index (χ1v) is 6.23. The van der Waals surface area contributed by atoms with Crippen LogP contribution in [0.5, 0.6) is 0 Å². The number of benzene rings is 1. The lowest BCUT2D eigenvalue weighted by Gasteiger charge is -2.30. The van der Waals surface area contributed by atoms with Gasteiger partial charge in [0.2, 0.25) is 0 Å². The van der Waals surface area contributed by atoms with Gasteiger partial charge in [-0.3, -0.25) is 4.79 Å². The highest BCUT2D eigenvalue weighted by Gasteiger charge is 2.32. The first kappa shape index (κ1) is 15.6. The van der Waals surface area contributed by atoms with Crippen molar-refractivity contribution in [2.75, 3.05) is 6.54 Å². The van der Waals surface area contributed by atoms with Gasteiger partial charge in [0.1, 0.15) is 11.6 Å². The molecule has 0 spiro atoms. The predicted molar refractivity (Wildman–Crippen MR) is 69.0 cm³/mol. The third kappa shape index (κ3) is 3.73. The highest BCUT2D eigenvalue weighted by atomic mass is 19.1. The summed E-state index contributed by atoms with van der Waals surface area (Å²) < 4.78 is 27.6. The fourth-order valence-corrected chi connectivity index (χ4v) is 2.03. The molecule has 0 aliphatic heterocycles. The molecule has 0 radical (unpaired) electrons. The van der Waals surface area contributed by atoms with Crippen molar-refractivity contribution in [2.45, 2.75) is 39.2 Å². The van der Waals surface area contributed by atoms with Crippen LogP contribution in [-0.2, 0) is 10.3 Å². The molecule has 1 atom stereocenters. The minimum atomic E-state index is -1.12. The topological polar surface area (TPSA) is 49.3 Å². The van der Waals surface area contributed by atoms with E-state index < -0.39 is 23.1 Å². The van der Waals surface area contributed by atoms with Gasteiger partial charge in [-0.2, -0.15) is 0 Å². The van der Waals surface area contributed by atoms with Crippen molar-refractivity contribution >= 4 is 5.97 Å². The van der Waals surface area contributed by atoms with Gasteiger partial charge in [0, 0.05) is 5.56 Å². The van der Waals surface area contributed by atoms with Gasteiger partial charge in [-0.1, -0.05) is 6.92 Å². The molecule has 0 aliphatic carbocycles. The first-order chi connectivity index (χ1) is 8.80. The standard InChI is InChI=1S/C14H19F2NO2/c1-4-5-17-14(3,8-13(18)19)10-7-11(15)9(2)6-12(10)16/h6-7,17H,4-5,8H2,1-3H3,(H,18,19). The zero-order valence-electron chi connectivity index (χ0n) is 11.4. The third-order valence-electron chi connectivity index (χ3n) is 3.11. The van der Waals surface area contributed by atoms with E-state index in [1.54, 1.807) is 6.92 Å². The zero-order chi connectivity index (χ0) is 14.6. The van der Waals surface area contributed by atoms with Gasteiger partial charge in [-0.25, -0.2) is 8.78 Å². The van der Waals surface area contributed by atoms with Crippen molar-refractivity contribution in [1.82, 2.24) is 5.32 Å². The second kappa shape index (κ2) is 6.10. The summed E-state index contributed by atoms with van der Waals surface area (Å²) in [6.45, 7) is 5.49. The smallest absolute Gasteiger partial charge is 0.305 e. The van der Waals surface area contributed by atoms with Gasteiger partial charge < -0.3 is 10.4 Å². The lowest BCUT2D eigenvalue weighted by molar-refractivity contribution is -0.138. The highest BCUT2D eigenvalue weighted by molar-refractivity contribution is 5.69. The average Bonchev–Trinajstić information content (AvgIpc) is 2.30. The zero-order valence-corrected chi connectivity index (χ0v) is 11.4. The molecule has 5 heteroatoms. The molecule has 0 aromatic heterocycles. The summed E-state index contributed by atoms with van der Waals surface area (Å²) in [7, 11) is 0. The molecule has 19 heavy (non-hydrogen) atoms. The number of carboxylic acid groups (broad SMARTS) is 1. The number of rotatable bonds is 6. The minimum absolute atomic E-state index is 0.0476. The maximum atomic E-state index is 14.0. The molecule has 1 rings (SSSR count). The summed E-state index contributed by atoms with van der Waals surface area (Å²) in [5, 5.41) is 12.0. The number of aryl methyl sites for hydroxylation is 1. The van der Waals surface area contributed by atoms with E-state index in [-0.39, 0.29) is 17.5 Å². The lowest BCUT2D eigenvalue weighted by atomic mass is 9.87. The third-order valence-corrected chi connectivity index (χ3v) is 3.11. The van der Waals surface area contributed by atoms with Crippen LogP contribution in [0.25, 0.3) is 0 Å². The lowest BCUT2D eigenvalue weighted by Crippen LogP contribution is -2.42. The van der Waals surface area contributed by atoms with Gasteiger partial charge >= 0.3 is 5.97 Å². The second-order valence-corrected chi connectivity index (χ2v) is 4.91. The number of halogens is 2. The Morgan fingerprint density at radius 3 is 2.53 bits per heavy atom. The maximum Gasteiger partial charge on any atom is 0.305 e. The molecule has 3 nitrogen and oxygen atoms in total. The Hall–Kier alpha value is -1.49. The summed E-state index contributed by atoms with van der Waals surface area (Å²) in [6.07, 6.45) is 0.456. The number of nitrogens with one attached hydrogen (secondary N) is 1. The van der Waals surface area contributed by atoms with Gasteiger partial charge in [0.15, 0.2) is 0 Å². The summed E-state index contributed by atoms with van der Waals surface area (Å²) in [6, 6.07) is 2.18. The van der Waals surface area contributed by atoms with Crippen LogP contribution in [0, 0.1) is 18.6 Å². The average molecular weight is 271 g/mol. The molecule has 0 saturated heterocycles. The van der Waals surface area contributed by atoms with E-state index in [0.29, 0.717) is 6.54 Å². The molecule has 0 bridgehead atoms. The van der Waals surface area contributed by atoms with Crippen LogP contribution in [0.2, 0.25) is 0 Å². The van der Waals surface area contributed by atoms with Gasteiger partial charge in [0.25, 0.3) is 0 Å². The van der Waals surface area contributed by atoms with Crippen LogP contribution in [0.4, 0.5) is 8.78 Å². The van der Waals surface area contributed by atoms with Gasteiger partial charge in [-0.15, -0.1) is 0 Å². The highest BCUT2D eigenvalue weighted by Crippen LogP contribution is 2.29. The Labute approximate surface area is 111 Å². The number of hydrogen-bond donors (Lipinski definition) is 2. The predicted octanol–water partition coefficient (Wildman–Crippen LogP) is 2.96. The molecule has 0 saturated carbocycles. The summed E-state index contributed by atoms with van der Waals surface area (Å²) in [4.78, 5) is 11.0. The monoisotopic (exact) mass is 271 g/mol. The van der Waals surface area contributed by atoms with E-state index >= 15 is 0 Å². The van der Waals surface area contributed by atoms with Crippen molar-refractivity contribution < 1.29 is 18.7 Å². The van der Waals surface area contributed by atoms with E-state index in [1.165, 1.54) is 6.92 Å². The van der Waals surface area contributed by atoms with E-state index in [0.717, 1.165) is 18.6 Å². The van der Waals surface area contributed by atoms with Crippen molar-refractivity contribution in [2.24, 2.45) is 0 Å². The molecular formula is C14H19F2NO2. The SMILES string of the molecule is CCCNC(C)(CC(=O)O)c1cc(F)c(C)cc1F. The number of carboxylic acids is 1. The fraction of sp³-hybridized carbons (Fsp3) is 0.500. The Bertz CT molecular complexity index is 477. The number of aliphatic carboxylic acids is 1. The second-order valence-electron chi connectivity index (χ2n) is 4.91. The van der Waals surface area contributed by atoms with Crippen molar-refractivity contribution in [3.05, 3.63) is 34.9 Å². The summed E-state index contributed by atoms with van der Waals surface area (Å²) in [5.74, 6) is -2.19. The summed E-state index contributed by atoms with van der Waals surface area (Å²) >= 11 is 0. The Morgan fingerprint density at radius 1 is 1.37 bits per heavy atom. The normalized spacial score (nSPS) is 14.2. The Kier molecular flexibility index (Phi) is 5.00. The number of hydrogen-bond acceptors (Lipinski definition) is 2. The Balaban J connectivity index is 3.23. The van der Waals surface area contributed by atoms with E-state index in [4.69, 9.17) is 5.11 Å². The number of carbonyl (C=O) groups is 1. The quantitative estimate of drug-likeness (QED) is 0.836. The van der Waals surface area contributed by atoms with Gasteiger partial charge in [0.05, 0.1) is 12.0 Å². The molecule has 1 aromatic carbocycles. The maximum absolute atomic E-state index is 14.0. The largest absolute Gasteiger partial charge is 0.481 e. The van der Waals surface area contributed by atoms with Crippen LogP contribution >= 0.6 is 0 Å². The molecular weight excluding hydrogens is 252 g/mol. The van der Waals surface area contributed by atoms with Crippen molar-refractivity contribution in [3.8, 4) is 0 Å². The van der Waals surface area contributed by atoms with Crippen LogP contribution in [0.1, 0.15) is 37.8 Å². The van der Waals surface area contributed by atoms with E-state index in [1.807, 2.05) is 6.92 Å². The van der Waals surface area contributed by atoms with E-state index in [9.17, 15) is 13.6 Å². The van der Waals surface area contributed by atoms with Crippen molar-refractivity contribution in [3.63, 3.8) is 0 Å². The molecule has 0 aliphatic rings. The molecule has 0 amide bonds. The Morgan fingerprint density at radius 2 is 2.00 bits per heavy atom. The fourth-order valence-electron chi connectivity index (χ4n) is 2.03. The first-order valence-electron chi connectivity index (χ1n) is 6.23. The molecule has 1 aromatic rings. The van der Waals surface area contributed by atoms with Crippen LogP contribution < -0.4 is 5.32 Å². The minimum Gasteiger partial charge on any atom is -0.481 e.